The van der Waals surface area contributed by atoms with Gasteiger partial charge in [0, 0.05) is 0 Å². The summed E-state index contributed by atoms with van der Waals surface area (Å²) in [5.74, 6) is 1.97. The molecule has 0 saturated carbocycles. The number of nitrogens with zero attached hydrogens (tertiary/aromatic N) is 3. The maximum absolute atomic E-state index is 5.13. The van der Waals surface area contributed by atoms with Crippen molar-refractivity contribution in [1.29, 1.82) is 0 Å². The van der Waals surface area contributed by atoms with E-state index in [1.807, 2.05) is 36.4 Å². The minimum atomic E-state index is 0.273. The smallest absolute Gasteiger partial charge is 0.0512 e. The summed E-state index contributed by atoms with van der Waals surface area (Å²) in [6.45, 7) is 0. The molecule has 0 fully saturated rings. The van der Waals surface area contributed by atoms with E-state index in [4.69, 9.17) is 15.0 Å². The predicted molar refractivity (Wildman–Crippen MR) is 206 cm³/mol. The predicted octanol–water partition coefficient (Wildman–Crippen LogP) is 11.4. The molecule has 0 amide bonds. The van der Waals surface area contributed by atoms with Crippen LogP contribution in [0.25, 0.3) is 96.9 Å². The average Bonchev–Trinajstić information content (AvgIpc) is 3.56. The maximum atomic E-state index is 5.13. The maximum Gasteiger partial charge on any atom is -0.0512 e. The van der Waals surface area contributed by atoms with Gasteiger partial charge in [-0.3, -0.25) is 0 Å². The van der Waals surface area contributed by atoms with Crippen molar-refractivity contribution >= 4 is 66.1 Å². The van der Waals surface area contributed by atoms with Gasteiger partial charge in [-0.05, 0) is 0 Å². The molecule has 8 aromatic carbocycles. The van der Waals surface area contributed by atoms with Gasteiger partial charge in [-0.25, -0.2) is 0 Å². The molecule has 4 heteroatoms. The van der Waals surface area contributed by atoms with Crippen LogP contribution in [-0.4, -0.2) is 29.5 Å². The zero-order chi connectivity index (χ0) is 32.3. The molecule has 49 heavy (non-hydrogen) atoms. The molecule has 228 valence electrons. The molecule has 0 atom stereocenters. The van der Waals surface area contributed by atoms with Gasteiger partial charge < -0.3 is 0 Å². The van der Waals surface area contributed by atoms with Gasteiger partial charge in [0.25, 0.3) is 0 Å². The van der Waals surface area contributed by atoms with Crippen LogP contribution in [0.3, 0.4) is 0 Å². The SMILES string of the molecule is c1ccc(-c2nc(-c3ccccc3)nc(-c3cc4ccccc4cc3-c3ccc4c(ccc5ccc6c7ccccc7[se]c6c54)c3)n2)cc1. The van der Waals surface area contributed by atoms with E-state index in [0.29, 0.717) is 17.5 Å². The molecule has 2 heterocycles. The third-order valence-electron chi connectivity index (χ3n) is 9.48. The summed E-state index contributed by atoms with van der Waals surface area (Å²) < 4.78 is 2.96. The van der Waals surface area contributed by atoms with Crippen molar-refractivity contribution in [2.24, 2.45) is 0 Å². The minimum Gasteiger partial charge on any atom is -0.0615 e. The molecule has 0 unspecified atom stereocenters. The first-order valence-electron chi connectivity index (χ1n) is 16.4. The van der Waals surface area contributed by atoms with Crippen molar-refractivity contribution in [1.82, 2.24) is 15.0 Å². The Morgan fingerprint density at radius 1 is 0.347 bits per heavy atom. The summed E-state index contributed by atoms with van der Waals surface area (Å²) in [6.07, 6.45) is 0. The summed E-state index contributed by atoms with van der Waals surface area (Å²) in [5.41, 5.74) is 5.13. The van der Waals surface area contributed by atoms with Crippen LogP contribution < -0.4 is 0 Å². The van der Waals surface area contributed by atoms with Crippen LogP contribution in [0.2, 0.25) is 0 Å². The summed E-state index contributed by atoms with van der Waals surface area (Å²) in [5, 5.41) is 10.3. The fourth-order valence-electron chi connectivity index (χ4n) is 7.09. The van der Waals surface area contributed by atoms with E-state index >= 15 is 0 Å². The Morgan fingerprint density at radius 3 is 1.65 bits per heavy atom. The first kappa shape index (κ1) is 28.1. The van der Waals surface area contributed by atoms with Crippen molar-refractivity contribution in [2.75, 3.05) is 0 Å². The Morgan fingerprint density at radius 2 is 0.918 bits per heavy atom. The number of fused-ring (bicyclic) bond motifs is 8. The topological polar surface area (TPSA) is 38.7 Å². The van der Waals surface area contributed by atoms with Gasteiger partial charge in [0.2, 0.25) is 0 Å². The second kappa shape index (κ2) is 11.3. The molecule has 0 spiro atoms. The third kappa shape index (κ3) is 4.76. The van der Waals surface area contributed by atoms with E-state index < -0.39 is 0 Å². The van der Waals surface area contributed by atoms with Crippen LogP contribution in [0.15, 0.2) is 164 Å². The standard InChI is InChI=1S/C45H27N3Se/c1-3-11-29(12-4-1)43-46-44(30-13-5-2-6-14-30)48-45(47-43)39-27-32-16-8-7-15-31(32)26-38(39)34-22-23-35-33(25-34)20-19-28-21-24-37-36-17-9-10-18-40(36)49-42(37)41(28)35/h1-27H. The molecule has 0 aliphatic heterocycles. The second-order valence-corrected chi connectivity index (χ2v) is 14.6. The fourth-order valence-corrected chi connectivity index (χ4v) is 9.76. The van der Waals surface area contributed by atoms with Crippen molar-refractivity contribution in [2.45, 2.75) is 0 Å². The number of aromatic nitrogens is 3. The largest absolute Gasteiger partial charge is 0.0615 e. The van der Waals surface area contributed by atoms with Gasteiger partial charge in [-0.2, -0.15) is 0 Å². The molecule has 10 rings (SSSR count). The van der Waals surface area contributed by atoms with Crippen molar-refractivity contribution in [3.8, 4) is 45.3 Å². The van der Waals surface area contributed by atoms with Gasteiger partial charge in [0.15, 0.2) is 0 Å². The molecule has 2 aromatic heterocycles. The van der Waals surface area contributed by atoms with Gasteiger partial charge >= 0.3 is 229 Å². The molecule has 0 aliphatic rings. The van der Waals surface area contributed by atoms with Gasteiger partial charge in [0.05, 0.1) is 0 Å². The van der Waals surface area contributed by atoms with E-state index in [1.165, 1.54) is 46.2 Å². The molecule has 0 aliphatic carbocycles. The van der Waals surface area contributed by atoms with Crippen LogP contribution >= 0.6 is 0 Å². The van der Waals surface area contributed by atoms with E-state index in [-0.39, 0.29) is 14.5 Å². The van der Waals surface area contributed by atoms with Crippen molar-refractivity contribution in [3.05, 3.63) is 164 Å². The van der Waals surface area contributed by atoms with Gasteiger partial charge in [-0.1, -0.05) is 60.7 Å². The molecule has 10 aromatic rings. The van der Waals surface area contributed by atoms with Crippen LogP contribution in [0, 0.1) is 0 Å². The number of hydrogen-bond acceptors (Lipinski definition) is 3. The quantitative estimate of drug-likeness (QED) is 0.136. The summed E-state index contributed by atoms with van der Waals surface area (Å²) in [6, 6.07) is 58.4. The van der Waals surface area contributed by atoms with E-state index in [1.54, 1.807) is 0 Å². The average molecular weight is 689 g/mol. The molecule has 0 N–H and O–H groups in total. The van der Waals surface area contributed by atoms with Crippen LogP contribution in [-0.2, 0) is 0 Å². The second-order valence-electron chi connectivity index (χ2n) is 12.4. The van der Waals surface area contributed by atoms with Crippen molar-refractivity contribution in [3.63, 3.8) is 0 Å². The number of hydrogen-bond donors (Lipinski definition) is 0. The Hall–Kier alpha value is -5.93. The first-order chi connectivity index (χ1) is 24.3. The van der Waals surface area contributed by atoms with Gasteiger partial charge in [-0.15, -0.1) is 0 Å². The zero-order valence-corrected chi connectivity index (χ0v) is 28.1. The monoisotopic (exact) mass is 689 g/mol. The summed E-state index contributed by atoms with van der Waals surface area (Å²) in [7, 11) is 0. The molecule has 0 radical (unpaired) electrons. The van der Waals surface area contributed by atoms with Crippen LogP contribution in [0.4, 0.5) is 0 Å². The Labute approximate surface area is 288 Å². The van der Waals surface area contributed by atoms with E-state index in [9.17, 15) is 0 Å². The number of benzene rings is 8. The molecule has 3 nitrogen and oxygen atoms in total. The molecule has 0 saturated heterocycles. The minimum absolute atomic E-state index is 0.273. The molecular weight excluding hydrogens is 661 g/mol. The van der Waals surface area contributed by atoms with Crippen LogP contribution in [0.1, 0.15) is 0 Å². The zero-order valence-electron chi connectivity index (χ0n) is 26.3. The third-order valence-corrected chi connectivity index (χ3v) is 12.0. The Bertz CT molecular complexity index is 2820. The number of rotatable bonds is 4. The van der Waals surface area contributed by atoms with E-state index in [0.717, 1.165) is 33.2 Å². The Kier molecular flexibility index (Phi) is 6.51. The molecular formula is C45H27N3Se. The Balaban J connectivity index is 1.22. The van der Waals surface area contributed by atoms with E-state index in [2.05, 4.69) is 127 Å². The first-order valence-corrected chi connectivity index (χ1v) is 18.2. The van der Waals surface area contributed by atoms with Gasteiger partial charge in [0.1, 0.15) is 0 Å². The van der Waals surface area contributed by atoms with Crippen molar-refractivity contribution < 1.29 is 0 Å². The fraction of sp³-hybridized carbons (Fsp3) is 0. The molecule has 0 bridgehead atoms. The summed E-state index contributed by atoms with van der Waals surface area (Å²) >= 11 is 0.273. The normalized spacial score (nSPS) is 11.7. The summed E-state index contributed by atoms with van der Waals surface area (Å²) in [4.78, 5) is 15.2. The van der Waals surface area contributed by atoms with Crippen LogP contribution in [0.5, 0.6) is 0 Å².